The van der Waals surface area contributed by atoms with Gasteiger partial charge in [-0.3, -0.25) is 4.79 Å². The van der Waals surface area contributed by atoms with Crippen molar-refractivity contribution in [1.82, 2.24) is 5.32 Å². The fraction of sp³-hybridized carbons (Fsp3) is 0.889. The summed E-state index contributed by atoms with van der Waals surface area (Å²) in [6, 6.07) is 0. The maximum atomic E-state index is 11.5. The van der Waals surface area contributed by atoms with Crippen molar-refractivity contribution in [2.24, 2.45) is 11.3 Å². The highest BCUT2D eigenvalue weighted by Gasteiger charge is 2.49. The van der Waals surface area contributed by atoms with E-state index in [-0.39, 0.29) is 11.3 Å². The first kappa shape index (κ1) is 7.14. The SMILES string of the molecule is CNC(=O)C12CCC(CC1)C2. The molecule has 0 spiro atoms. The van der Waals surface area contributed by atoms with E-state index < -0.39 is 0 Å². The van der Waals surface area contributed by atoms with Gasteiger partial charge in [-0.25, -0.2) is 0 Å². The molecule has 0 atom stereocenters. The summed E-state index contributed by atoms with van der Waals surface area (Å²) in [4.78, 5) is 11.5. The van der Waals surface area contributed by atoms with Gasteiger partial charge in [0.2, 0.25) is 5.91 Å². The molecule has 2 aliphatic rings. The minimum absolute atomic E-state index is 0.0689. The maximum Gasteiger partial charge on any atom is 0.225 e. The summed E-state index contributed by atoms with van der Waals surface area (Å²) in [5, 5.41) is 2.79. The van der Waals surface area contributed by atoms with Crippen LogP contribution in [0, 0.1) is 11.3 Å². The Balaban J connectivity index is 2.16. The summed E-state index contributed by atoms with van der Waals surface area (Å²) in [6.07, 6.45) is 6.00. The second-order valence-electron chi connectivity index (χ2n) is 4.01. The number of carbonyl (C=O) groups excluding carboxylic acids is 1. The van der Waals surface area contributed by atoms with E-state index in [9.17, 15) is 4.79 Å². The highest BCUT2D eigenvalue weighted by Crippen LogP contribution is 2.53. The predicted molar refractivity (Wildman–Crippen MR) is 43.1 cm³/mol. The zero-order valence-corrected chi connectivity index (χ0v) is 7.02. The molecule has 2 heteroatoms. The van der Waals surface area contributed by atoms with Gasteiger partial charge >= 0.3 is 0 Å². The Bertz CT molecular complexity index is 180. The molecule has 62 valence electrons. The summed E-state index contributed by atoms with van der Waals surface area (Å²) < 4.78 is 0. The van der Waals surface area contributed by atoms with Crippen LogP contribution in [-0.4, -0.2) is 13.0 Å². The smallest absolute Gasteiger partial charge is 0.225 e. The quantitative estimate of drug-likeness (QED) is 0.604. The molecule has 2 aliphatic carbocycles. The van der Waals surface area contributed by atoms with Gasteiger partial charge in [-0.05, 0) is 38.0 Å². The van der Waals surface area contributed by atoms with Gasteiger partial charge in [-0.1, -0.05) is 0 Å². The molecule has 0 radical (unpaired) electrons. The van der Waals surface area contributed by atoms with E-state index in [1.165, 1.54) is 12.8 Å². The standard InChI is InChI=1S/C9H15NO/c1-10-8(11)9-4-2-7(6-9)3-5-9/h7H,2-6H2,1H3,(H,10,11). The van der Waals surface area contributed by atoms with Gasteiger partial charge < -0.3 is 5.32 Å². The van der Waals surface area contributed by atoms with Crippen molar-refractivity contribution in [3.05, 3.63) is 0 Å². The maximum absolute atomic E-state index is 11.5. The van der Waals surface area contributed by atoms with Crippen LogP contribution in [0.1, 0.15) is 32.1 Å². The average Bonchev–Trinajstić information content (AvgIpc) is 2.62. The van der Waals surface area contributed by atoms with Crippen molar-refractivity contribution in [1.29, 1.82) is 0 Å². The summed E-state index contributed by atoms with van der Waals surface area (Å²) >= 11 is 0. The van der Waals surface area contributed by atoms with Crippen LogP contribution in [0.3, 0.4) is 0 Å². The fourth-order valence-corrected chi connectivity index (χ4v) is 2.78. The first-order valence-corrected chi connectivity index (χ1v) is 4.49. The van der Waals surface area contributed by atoms with E-state index >= 15 is 0 Å². The van der Waals surface area contributed by atoms with Gasteiger partial charge in [0, 0.05) is 12.5 Å². The zero-order valence-electron chi connectivity index (χ0n) is 7.02. The minimum Gasteiger partial charge on any atom is -0.359 e. The largest absolute Gasteiger partial charge is 0.359 e. The molecule has 2 saturated carbocycles. The Hall–Kier alpha value is -0.530. The van der Waals surface area contributed by atoms with E-state index in [4.69, 9.17) is 0 Å². The molecule has 0 aromatic carbocycles. The highest BCUT2D eigenvalue weighted by molar-refractivity contribution is 5.83. The van der Waals surface area contributed by atoms with Gasteiger partial charge in [0.25, 0.3) is 0 Å². The van der Waals surface area contributed by atoms with Crippen LogP contribution in [0.15, 0.2) is 0 Å². The Morgan fingerprint density at radius 1 is 1.45 bits per heavy atom. The number of hydrogen-bond acceptors (Lipinski definition) is 1. The van der Waals surface area contributed by atoms with Crippen molar-refractivity contribution in [3.63, 3.8) is 0 Å². The Kier molecular flexibility index (Phi) is 1.44. The summed E-state index contributed by atoms with van der Waals surface area (Å²) in [5.41, 5.74) is 0.0689. The molecular formula is C9H15NO. The number of fused-ring (bicyclic) bond motifs is 2. The Labute approximate surface area is 67.4 Å². The van der Waals surface area contributed by atoms with E-state index in [1.54, 1.807) is 7.05 Å². The van der Waals surface area contributed by atoms with Gasteiger partial charge in [0.05, 0.1) is 0 Å². The second kappa shape index (κ2) is 2.23. The molecule has 0 aliphatic heterocycles. The van der Waals surface area contributed by atoms with Crippen LogP contribution in [0.4, 0.5) is 0 Å². The lowest BCUT2D eigenvalue weighted by Crippen LogP contribution is -2.35. The number of rotatable bonds is 1. The second-order valence-corrected chi connectivity index (χ2v) is 4.01. The molecule has 0 unspecified atom stereocenters. The zero-order chi connectivity index (χ0) is 7.90. The van der Waals surface area contributed by atoms with Crippen molar-refractivity contribution < 1.29 is 4.79 Å². The monoisotopic (exact) mass is 153 g/mol. The number of nitrogens with one attached hydrogen (secondary N) is 1. The average molecular weight is 153 g/mol. The van der Waals surface area contributed by atoms with Crippen LogP contribution in [0.25, 0.3) is 0 Å². The lowest BCUT2D eigenvalue weighted by atomic mass is 9.83. The summed E-state index contributed by atoms with van der Waals surface area (Å²) in [6.45, 7) is 0. The Morgan fingerprint density at radius 3 is 2.45 bits per heavy atom. The van der Waals surface area contributed by atoms with Crippen molar-refractivity contribution in [2.45, 2.75) is 32.1 Å². The molecular weight excluding hydrogens is 138 g/mol. The third-order valence-electron chi connectivity index (χ3n) is 3.45. The summed E-state index contributed by atoms with van der Waals surface area (Å²) in [7, 11) is 1.75. The number of carbonyl (C=O) groups is 1. The van der Waals surface area contributed by atoms with E-state index in [2.05, 4.69) is 5.32 Å². The van der Waals surface area contributed by atoms with Crippen LogP contribution < -0.4 is 5.32 Å². The first-order valence-electron chi connectivity index (χ1n) is 4.49. The van der Waals surface area contributed by atoms with Crippen molar-refractivity contribution in [2.75, 3.05) is 7.05 Å². The number of amides is 1. The topological polar surface area (TPSA) is 29.1 Å². The van der Waals surface area contributed by atoms with Gasteiger partial charge in [-0.15, -0.1) is 0 Å². The van der Waals surface area contributed by atoms with Gasteiger partial charge in [-0.2, -0.15) is 0 Å². The summed E-state index contributed by atoms with van der Waals surface area (Å²) in [5.74, 6) is 1.16. The van der Waals surface area contributed by atoms with Crippen molar-refractivity contribution in [3.8, 4) is 0 Å². The third-order valence-corrected chi connectivity index (χ3v) is 3.45. The first-order chi connectivity index (χ1) is 5.27. The Morgan fingerprint density at radius 2 is 2.09 bits per heavy atom. The van der Waals surface area contributed by atoms with Crippen LogP contribution >= 0.6 is 0 Å². The molecule has 2 fully saturated rings. The van der Waals surface area contributed by atoms with E-state index in [0.29, 0.717) is 0 Å². The van der Waals surface area contributed by atoms with Crippen LogP contribution in [0.5, 0.6) is 0 Å². The van der Waals surface area contributed by atoms with Crippen LogP contribution in [-0.2, 0) is 4.79 Å². The molecule has 1 amide bonds. The van der Waals surface area contributed by atoms with Gasteiger partial charge in [0.15, 0.2) is 0 Å². The van der Waals surface area contributed by atoms with E-state index in [0.717, 1.165) is 25.2 Å². The molecule has 0 saturated heterocycles. The van der Waals surface area contributed by atoms with Crippen LogP contribution in [0.2, 0.25) is 0 Å². The lowest BCUT2D eigenvalue weighted by molar-refractivity contribution is -0.130. The number of hydrogen-bond donors (Lipinski definition) is 1. The van der Waals surface area contributed by atoms with Crippen molar-refractivity contribution >= 4 is 5.91 Å². The lowest BCUT2D eigenvalue weighted by Gasteiger charge is -2.23. The van der Waals surface area contributed by atoms with Gasteiger partial charge in [0.1, 0.15) is 0 Å². The predicted octanol–water partition coefficient (Wildman–Crippen LogP) is 1.31. The normalized spacial score (nSPS) is 41.0. The third kappa shape index (κ3) is 0.883. The molecule has 2 rings (SSSR count). The molecule has 0 aromatic rings. The molecule has 0 aromatic heterocycles. The molecule has 0 heterocycles. The minimum atomic E-state index is 0.0689. The molecule has 2 nitrogen and oxygen atoms in total. The highest BCUT2D eigenvalue weighted by atomic mass is 16.2. The molecule has 1 N–H and O–H groups in total. The van der Waals surface area contributed by atoms with E-state index in [1.807, 2.05) is 0 Å². The molecule has 2 bridgehead atoms. The molecule has 11 heavy (non-hydrogen) atoms. The fourth-order valence-electron chi connectivity index (χ4n) is 2.78.